The van der Waals surface area contributed by atoms with Crippen molar-refractivity contribution in [2.24, 2.45) is 0 Å². The van der Waals surface area contributed by atoms with E-state index in [2.05, 4.69) is 10.3 Å². The maximum absolute atomic E-state index is 13.4. The summed E-state index contributed by atoms with van der Waals surface area (Å²) in [5.41, 5.74) is 4.29. The Hall–Kier alpha value is -2.69. The zero-order valence-electron chi connectivity index (χ0n) is 12.6. The molecule has 3 aromatic rings. The van der Waals surface area contributed by atoms with Gasteiger partial charge in [-0.2, -0.15) is 0 Å². The van der Waals surface area contributed by atoms with E-state index in [0.717, 1.165) is 16.8 Å². The van der Waals surface area contributed by atoms with Crippen LogP contribution in [0.25, 0.3) is 5.65 Å². The third-order valence-electron chi connectivity index (χ3n) is 3.60. The van der Waals surface area contributed by atoms with Gasteiger partial charge >= 0.3 is 0 Å². The molecule has 0 unspecified atom stereocenters. The number of pyridine rings is 1. The molecule has 0 aliphatic carbocycles. The highest BCUT2D eigenvalue weighted by atomic mass is 19.1. The molecule has 2 aromatic heterocycles. The molecule has 1 amide bonds. The largest absolute Gasteiger partial charge is 0.320 e. The Balaban J connectivity index is 2.02. The summed E-state index contributed by atoms with van der Waals surface area (Å²) in [5, 5.41) is 2.87. The molecule has 0 radical (unpaired) electrons. The summed E-state index contributed by atoms with van der Waals surface area (Å²) in [5.74, 6) is -0.715. The minimum Gasteiger partial charge on any atom is -0.320 e. The molecule has 0 saturated carbocycles. The van der Waals surface area contributed by atoms with Crippen LogP contribution in [0.15, 0.2) is 36.5 Å². The van der Waals surface area contributed by atoms with Crippen LogP contribution in [0.3, 0.4) is 0 Å². The maximum Gasteiger partial charge on any atom is 0.274 e. The highest BCUT2D eigenvalue weighted by Crippen LogP contribution is 2.19. The topological polar surface area (TPSA) is 46.4 Å². The first-order valence-corrected chi connectivity index (χ1v) is 6.98. The SMILES string of the molecule is Cc1ccc(NC(=O)c2c(C)nc3ccc(F)cn23)c(C)c1. The second-order valence-corrected chi connectivity index (χ2v) is 5.39. The van der Waals surface area contributed by atoms with Crippen molar-refractivity contribution in [1.82, 2.24) is 9.38 Å². The molecule has 1 aromatic carbocycles. The monoisotopic (exact) mass is 297 g/mol. The van der Waals surface area contributed by atoms with E-state index in [-0.39, 0.29) is 5.91 Å². The van der Waals surface area contributed by atoms with Gasteiger partial charge in [0.15, 0.2) is 0 Å². The number of benzene rings is 1. The first kappa shape index (κ1) is 14.3. The summed E-state index contributed by atoms with van der Waals surface area (Å²) in [4.78, 5) is 16.9. The summed E-state index contributed by atoms with van der Waals surface area (Å²) in [7, 11) is 0. The van der Waals surface area contributed by atoms with Crippen LogP contribution >= 0.6 is 0 Å². The molecule has 1 N–H and O–H groups in total. The van der Waals surface area contributed by atoms with Crippen molar-refractivity contribution in [2.45, 2.75) is 20.8 Å². The van der Waals surface area contributed by atoms with Gasteiger partial charge in [0.2, 0.25) is 0 Å². The molecule has 112 valence electrons. The van der Waals surface area contributed by atoms with E-state index in [0.29, 0.717) is 17.0 Å². The fraction of sp³-hybridized carbons (Fsp3) is 0.176. The number of nitrogens with one attached hydrogen (secondary N) is 1. The molecule has 4 nitrogen and oxygen atoms in total. The summed E-state index contributed by atoms with van der Waals surface area (Å²) in [6.45, 7) is 5.67. The highest BCUT2D eigenvalue weighted by molar-refractivity contribution is 6.04. The minimum absolute atomic E-state index is 0.303. The van der Waals surface area contributed by atoms with Gasteiger partial charge in [0, 0.05) is 11.9 Å². The van der Waals surface area contributed by atoms with Crippen molar-refractivity contribution in [2.75, 3.05) is 5.32 Å². The molecular weight excluding hydrogens is 281 g/mol. The van der Waals surface area contributed by atoms with E-state index in [1.54, 1.807) is 13.0 Å². The number of anilines is 1. The lowest BCUT2D eigenvalue weighted by atomic mass is 10.1. The first-order chi connectivity index (χ1) is 10.5. The van der Waals surface area contributed by atoms with Gasteiger partial charge in [-0.3, -0.25) is 9.20 Å². The van der Waals surface area contributed by atoms with E-state index < -0.39 is 5.82 Å². The molecule has 0 saturated heterocycles. The lowest BCUT2D eigenvalue weighted by Gasteiger charge is -2.09. The van der Waals surface area contributed by atoms with Crippen molar-refractivity contribution in [3.8, 4) is 0 Å². The van der Waals surface area contributed by atoms with E-state index in [9.17, 15) is 9.18 Å². The van der Waals surface area contributed by atoms with Crippen molar-refractivity contribution < 1.29 is 9.18 Å². The molecule has 0 bridgehead atoms. The molecule has 0 spiro atoms. The predicted molar refractivity (Wildman–Crippen MR) is 83.8 cm³/mol. The van der Waals surface area contributed by atoms with Gasteiger partial charge < -0.3 is 5.32 Å². The number of aromatic nitrogens is 2. The zero-order valence-corrected chi connectivity index (χ0v) is 12.6. The number of hydrogen-bond donors (Lipinski definition) is 1. The number of amides is 1. The second kappa shape index (κ2) is 5.26. The molecule has 3 rings (SSSR count). The number of fused-ring (bicyclic) bond motifs is 1. The van der Waals surface area contributed by atoms with Crippen molar-refractivity contribution in [3.63, 3.8) is 0 Å². The van der Waals surface area contributed by atoms with Crippen molar-refractivity contribution >= 4 is 17.2 Å². The third-order valence-corrected chi connectivity index (χ3v) is 3.60. The van der Waals surface area contributed by atoms with E-state index >= 15 is 0 Å². The second-order valence-electron chi connectivity index (χ2n) is 5.39. The van der Waals surface area contributed by atoms with Gasteiger partial charge in [0.05, 0.1) is 5.69 Å². The number of hydrogen-bond acceptors (Lipinski definition) is 2. The Labute approximate surface area is 127 Å². The van der Waals surface area contributed by atoms with E-state index in [1.807, 2.05) is 32.0 Å². The van der Waals surface area contributed by atoms with Crippen molar-refractivity contribution in [3.05, 3.63) is 64.9 Å². The molecule has 0 aliphatic heterocycles. The molecule has 5 heteroatoms. The fourth-order valence-corrected chi connectivity index (χ4v) is 2.55. The van der Waals surface area contributed by atoms with E-state index in [1.165, 1.54) is 16.7 Å². The Kier molecular flexibility index (Phi) is 3.41. The normalized spacial score (nSPS) is 10.9. The van der Waals surface area contributed by atoms with Crippen LogP contribution in [0.2, 0.25) is 0 Å². The standard InChI is InChI=1S/C17H16FN3O/c1-10-4-6-14(11(2)8-10)20-17(22)16-12(3)19-15-7-5-13(18)9-21(15)16/h4-9H,1-3H3,(H,20,22). The predicted octanol–water partition coefficient (Wildman–Crippen LogP) is 3.65. The molecule has 0 fully saturated rings. The van der Waals surface area contributed by atoms with E-state index in [4.69, 9.17) is 0 Å². The van der Waals surface area contributed by atoms with Gasteiger partial charge in [-0.25, -0.2) is 9.37 Å². The Morgan fingerprint density at radius 3 is 2.68 bits per heavy atom. The number of aryl methyl sites for hydroxylation is 3. The summed E-state index contributed by atoms with van der Waals surface area (Å²) >= 11 is 0. The molecular formula is C17H16FN3O. The molecule has 2 heterocycles. The van der Waals surface area contributed by atoms with Crippen LogP contribution in [0, 0.1) is 26.6 Å². The van der Waals surface area contributed by atoms with Gasteiger partial charge in [0.25, 0.3) is 5.91 Å². The number of rotatable bonds is 2. The quantitative estimate of drug-likeness (QED) is 0.784. The fourth-order valence-electron chi connectivity index (χ4n) is 2.55. The Bertz CT molecular complexity index is 883. The van der Waals surface area contributed by atoms with Gasteiger partial charge in [0.1, 0.15) is 17.2 Å². The Morgan fingerprint density at radius 1 is 1.18 bits per heavy atom. The number of nitrogens with zero attached hydrogens (tertiary/aromatic N) is 2. The number of imidazole rings is 1. The summed E-state index contributed by atoms with van der Waals surface area (Å²) in [6, 6.07) is 8.67. The highest BCUT2D eigenvalue weighted by Gasteiger charge is 2.17. The van der Waals surface area contributed by atoms with Gasteiger partial charge in [-0.05, 0) is 44.5 Å². The average molecular weight is 297 g/mol. The average Bonchev–Trinajstić information content (AvgIpc) is 2.77. The molecule has 0 atom stereocenters. The van der Waals surface area contributed by atoms with Crippen molar-refractivity contribution in [1.29, 1.82) is 0 Å². The smallest absolute Gasteiger partial charge is 0.274 e. The third kappa shape index (κ3) is 2.45. The minimum atomic E-state index is -0.412. The van der Waals surface area contributed by atoms with Crippen LogP contribution in [0.1, 0.15) is 27.3 Å². The van der Waals surface area contributed by atoms with Crippen LogP contribution in [0.5, 0.6) is 0 Å². The van der Waals surface area contributed by atoms with Crippen LogP contribution in [0.4, 0.5) is 10.1 Å². The zero-order chi connectivity index (χ0) is 15.9. The number of carbonyl (C=O) groups is 1. The molecule has 0 aliphatic rings. The lowest BCUT2D eigenvalue weighted by Crippen LogP contribution is -2.16. The van der Waals surface area contributed by atoms with Crippen LogP contribution < -0.4 is 5.32 Å². The van der Waals surface area contributed by atoms with Crippen LogP contribution in [-0.4, -0.2) is 15.3 Å². The molecule has 22 heavy (non-hydrogen) atoms. The maximum atomic E-state index is 13.4. The number of halogens is 1. The Morgan fingerprint density at radius 2 is 1.95 bits per heavy atom. The summed E-state index contributed by atoms with van der Waals surface area (Å²) < 4.78 is 14.9. The number of carbonyl (C=O) groups excluding carboxylic acids is 1. The van der Waals surface area contributed by atoms with Gasteiger partial charge in [-0.1, -0.05) is 17.7 Å². The lowest BCUT2D eigenvalue weighted by molar-refractivity contribution is 0.102. The summed E-state index contributed by atoms with van der Waals surface area (Å²) in [6.07, 6.45) is 1.27. The van der Waals surface area contributed by atoms with Crippen LogP contribution in [-0.2, 0) is 0 Å². The van der Waals surface area contributed by atoms with Gasteiger partial charge in [-0.15, -0.1) is 0 Å². The first-order valence-electron chi connectivity index (χ1n) is 6.98.